The monoisotopic (exact) mass is 284 g/mol. The first-order valence-corrected chi connectivity index (χ1v) is 6.52. The quantitative estimate of drug-likeness (QED) is 0.699. The molecule has 1 amide bonds. The summed E-state index contributed by atoms with van der Waals surface area (Å²) in [7, 11) is 1.53. The molecule has 20 heavy (non-hydrogen) atoms. The Morgan fingerprint density at radius 1 is 1.65 bits per heavy atom. The summed E-state index contributed by atoms with van der Waals surface area (Å²) in [5, 5.41) is 20.4. The van der Waals surface area contributed by atoms with Gasteiger partial charge in [-0.3, -0.25) is 4.79 Å². The lowest BCUT2D eigenvalue weighted by molar-refractivity contribution is -0.136. The molecule has 1 saturated heterocycles. The fraction of sp³-hybridized carbons (Fsp3) is 0.750. The second kappa shape index (κ2) is 6.78. The van der Waals surface area contributed by atoms with Crippen molar-refractivity contribution >= 4 is 5.91 Å². The van der Waals surface area contributed by atoms with Crippen LogP contribution in [-0.4, -0.2) is 65.1 Å². The van der Waals surface area contributed by atoms with E-state index in [1.54, 1.807) is 6.20 Å². The van der Waals surface area contributed by atoms with E-state index in [9.17, 15) is 9.90 Å². The first-order chi connectivity index (χ1) is 9.60. The number of aliphatic hydroxyl groups excluding tert-OH is 1. The Morgan fingerprint density at radius 3 is 3.10 bits per heavy atom. The average Bonchev–Trinajstić information content (AvgIpc) is 2.83. The molecule has 0 radical (unpaired) electrons. The van der Waals surface area contributed by atoms with Gasteiger partial charge >= 0.3 is 0 Å². The summed E-state index contributed by atoms with van der Waals surface area (Å²) in [6, 6.07) is 0. The van der Waals surface area contributed by atoms with E-state index in [4.69, 9.17) is 9.47 Å². The molecule has 1 aliphatic heterocycles. The summed E-state index contributed by atoms with van der Waals surface area (Å²) >= 11 is 0. The van der Waals surface area contributed by atoms with E-state index in [1.165, 1.54) is 11.8 Å². The molecule has 2 N–H and O–H groups in total. The van der Waals surface area contributed by atoms with Crippen LogP contribution in [0.2, 0.25) is 0 Å². The molecule has 2 heterocycles. The first kappa shape index (κ1) is 14.9. The number of aromatic nitrogens is 3. The summed E-state index contributed by atoms with van der Waals surface area (Å²) in [5.74, 6) is -0.350. The number of methoxy groups -OCH3 is 1. The number of carbonyl (C=O) groups excluding carboxylic acids is 1. The fourth-order valence-electron chi connectivity index (χ4n) is 2.14. The Morgan fingerprint density at radius 2 is 2.45 bits per heavy atom. The average molecular weight is 284 g/mol. The lowest BCUT2D eigenvalue weighted by atomic mass is 9.96. The Bertz CT molecular complexity index is 450. The maximum atomic E-state index is 11.8. The Labute approximate surface area is 117 Å². The Balaban J connectivity index is 1.78. The van der Waals surface area contributed by atoms with Gasteiger partial charge in [-0.15, -0.1) is 5.10 Å². The van der Waals surface area contributed by atoms with Crippen LogP contribution in [0.1, 0.15) is 5.69 Å². The van der Waals surface area contributed by atoms with E-state index >= 15 is 0 Å². The molecule has 1 aliphatic rings. The molecule has 0 unspecified atom stereocenters. The van der Waals surface area contributed by atoms with Crippen LogP contribution in [0.25, 0.3) is 0 Å². The van der Waals surface area contributed by atoms with E-state index in [0.717, 1.165) is 5.69 Å². The van der Waals surface area contributed by atoms with Crippen molar-refractivity contribution in [3.8, 4) is 0 Å². The minimum Gasteiger partial charge on any atom is -0.390 e. The SMILES string of the molecule is CO[C@@H]1COC[C@@H](CNC(=O)Cn2cc(C)nn2)[C@@H]1O. The summed E-state index contributed by atoms with van der Waals surface area (Å²) < 4.78 is 11.9. The number of ether oxygens (including phenoxy) is 2. The van der Waals surface area contributed by atoms with Gasteiger partial charge in [0.2, 0.25) is 5.91 Å². The normalized spacial score (nSPS) is 26.4. The maximum Gasteiger partial charge on any atom is 0.241 e. The van der Waals surface area contributed by atoms with Crippen LogP contribution in [0.4, 0.5) is 0 Å². The summed E-state index contributed by atoms with van der Waals surface area (Å²) in [6.07, 6.45) is 0.713. The van der Waals surface area contributed by atoms with Crippen LogP contribution in [0.15, 0.2) is 6.20 Å². The largest absolute Gasteiger partial charge is 0.390 e. The Kier molecular flexibility index (Phi) is 5.05. The van der Waals surface area contributed by atoms with Crippen molar-refractivity contribution in [1.82, 2.24) is 20.3 Å². The highest BCUT2D eigenvalue weighted by molar-refractivity contribution is 5.75. The zero-order valence-electron chi connectivity index (χ0n) is 11.7. The van der Waals surface area contributed by atoms with Gasteiger partial charge < -0.3 is 19.9 Å². The molecule has 0 spiro atoms. The molecule has 2 rings (SSSR count). The number of hydrogen-bond donors (Lipinski definition) is 2. The number of aliphatic hydroxyl groups is 1. The highest BCUT2D eigenvalue weighted by atomic mass is 16.5. The van der Waals surface area contributed by atoms with Gasteiger partial charge in [0.1, 0.15) is 12.6 Å². The molecule has 8 nitrogen and oxygen atoms in total. The van der Waals surface area contributed by atoms with Crippen molar-refractivity contribution in [2.75, 3.05) is 26.9 Å². The summed E-state index contributed by atoms with van der Waals surface area (Å²) in [6.45, 7) is 3.04. The third kappa shape index (κ3) is 3.75. The number of nitrogens with zero attached hydrogens (tertiary/aromatic N) is 3. The molecular weight excluding hydrogens is 264 g/mol. The van der Waals surface area contributed by atoms with E-state index < -0.39 is 6.10 Å². The molecule has 1 fully saturated rings. The first-order valence-electron chi connectivity index (χ1n) is 6.52. The summed E-state index contributed by atoms with van der Waals surface area (Å²) in [5.41, 5.74) is 0.761. The second-order valence-corrected chi connectivity index (χ2v) is 4.92. The number of hydrogen-bond acceptors (Lipinski definition) is 6. The number of aryl methyl sites for hydroxylation is 1. The van der Waals surface area contributed by atoms with E-state index in [-0.39, 0.29) is 24.5 Å². The van der Waals surface area contributed by atoms with Crippen molar-refractivity contribution in [3.05, 3.63) is 11.9 Å². The molecule has 1 aromatic heterocycles. The number of carbonyl (C=O) groups is 1. The van der Waals surface area contributed by atoms with E-state index in [1.807, 2.05) is 6.92 Å². The predicted molar refractivity (Wildman–Crippen MR) is 68.9 cm³/mol. The minimum atomic E-state index is -0.636. The van der Waals surface area contributed by atoms with Crippen LogP contribution in [0, 0.1) is 12.8 Å². The number of amides is 1. The molecule has 0 aliphatic carbocycles. The van der Waals surface area contributed by atoms with Gasteiger partial charge in [-0.1, -0.05) is 5.21 Å². The van der Waals surface area contributed by atoms with Gasteiger partial charge in [-0.05, 0) is 6.92 Å². The molecule has 0 saturated carbocycles. The molecule has 8 heteroatoms. The van der Waals surface area contributed by atoms with E-state index in [0.29, 0.717) is 19.8 Å². The highest BCUT2D eigenvalue weighted by Crippen LogP contribution is 2.16. The van der Waals surface area contributed by atoms with Crippen molar-refractivity contribution in [2.24, 2.45) is 5.92 Å². The van der Waals surface area contributed by atoms with Crippen LogP contribution in [0.5, 0.6) is 0 Å². The maximum absolute atomic E-state index is 11.8. The van der Waals surface area contributed by atoms with Crippen LogP contribution in [-0.2, 0) is 20.8 Å². The van der Waals surface area contributed by atoms with Crippen molar-refractivity contribution < 1.29 is 19.4 Å². The number of nitrogens with one attached hydrogen (secondary N) is 1. The number of rotatable bonds is 5. The standard InChI is InChI=1S/C12H20N4O4/c1-8-4-16(15-14-8)5-11(17)13-3-9-6-20-7-10(19-2)12(9)18/h4,9-10,12,18H,3,5-7H2,1-2H3,(H,13,17)/t9-,10-,12+/m1/s1. The van der Waals surface area contributed by atoms with Gasteiger partial charge in [-0.2, -0.15) is 0 Å². The van der Waals surface area contributed by atoms with Gasteiger partial charge in [0, 0.05) is 25.8 Å². The highest BCUT2D eigenvalue weighted by Gasteiger charge is 2.32. The van der Waals surface area contributed by atoms with E-state index in [2.05, 4.69) is 15.6 Å². The zero-order valence-corrected chi connectivity index (χ0v) is 11.7. The van der Waals surface area contributed by atoms with Crippen molar-refractivity contribution in [2.45, 2.75) is 25.7 Å². The predicted octanol–water partition coefficient (Wildman–Crippen LogP) is -1.27. The van der Waals surface area contributed by atoms with Crippen molar-refractivity contribution in [3.63, 3.8) is 0 Å². The van der Waals surface area contributed by atoms with Crippen molar-refractivity contribution in [1.29, 1.82) is 0 Å². The lowest BCUT2D eigenvalue weighted by Crippen LogP contribution is -2.49. The topological polar surface area (TPSA) is 98.5 Å². The Hall–Kier alpha value is -1.51. The fourth-order valence-corrected chi connectivity index (χ4v) is 2.14. The molecule has 0 aromatic carbocycles. The second-order valence-electron chi connectivity index (χ2n) is 4.92. The third-order valence-corrected chi connectivity index (χ3v) is 3.30. The zero-order chi connectivity index (χ0) is 14.5. The smallest absolute Gasteiger partial charge is 0.241 e. The van der Waals surface area contributed by atoms with Gasteiger partial charge in [0.05, 0.1) is 25.0 Å². The van der Waals surface area contributed by atoms with Gasteiger partial charge in [-0.25, -0.2) is 4.68 Å². The van der Waals surface area contributed by atoms with Crippen LogP contribution < -0.4 is 5.32 Å². The third-order valence-electron chi connectivity index (χ3n) is 3.30. The molecule has 1 aromatic rings. The lowest BCUT2D eigenvalue weighted by Gasteiger charge is -2.33. The summed E-state index contributed by atoms with van der Waals surface area (Å²) in [4.78, 5) is 11.8. The van der Waals surface area contributed by atoms with Crippen LogP contribution in [0.3, 0.4) is 0 Å². The molecule has 0 bridgehead atoms. The van der Waals surface area contributed by atoms with Gasteiger partial charge in [0.15, 0.2) is 0 Å². The molecule has 3 atom stereocenters. The molecular formula is C12H20N4O4. The van der Waals surface area contributed by atoms with Crippen LogP contribution >= 0.6 is 0 Å². The van der Waals surface area contributed by atoms with Gasteiger partial charge in [0.25, 0.3) is 0 Å². The minimum absolute atomic E-state index is 0.109. The molecule has 112 valence electrons.